The number of rotatable bonds is 4. The zero-order chi connectivity index (χ0) is 13.8. The predicted molar refractivity (Wildman–Crippen MR) is 76.1 cm³/mol. The molecule has 0 amide bonds. The molecule has 104 valence electrons. The van der Waals surface area contributed by atoms with Gasteiger partial charge >= 0.3 is 0 Å². The van der Waals surface area contributed by atoms with Crippen LogP contribution in [0.5, 0.6) is 0 Å². The highest BCUT2D eigenvalue weighted by Gasteiger charge is 2.20. The van der Waals surface area contributed by atoms with E-state index in [-0.39, 0.29) is 10.6 Å². The molecule has 6 heteroatoms. The maximum atomic E-state index is 11.0. The van der Waals surface area contributed by atoms with Crippen molar-refractivity contribution >= 4 is 17.1 Å². The molecule has 0 unspecified atom stereocenters. The Hall–Kier alpha value is -1.82. The third-order valence-electron chi connectivity index (χ3n) is 3.53. The topological polar surface area (TPSA) is 62.8 Å². The molecule has 0 atom stereocenters. The zero-order valence-electron chi connectivity index (χ0n) is 11.5. The third kappa shape index (κ3) is 3.14. The van der Waals surface area contributed by atoms with Crippen molar-refractivity contribution in [1.29, 1.82) is 0 Å². The summed E-state index contributed by atoms with van der Waals surface area (Å²) in [5.41, 5.74) is 1.82. The first-order chi connectivity index (χ1) is 9.11. The summed E-state index contributed by atoms with van der Waals surface area (Å²) in [5.74, 6) is 0. The van der Waals surface area contributed by atoms with Crippen molar-refractivity contribution < 1.29 is 9.82 Å². The molecule has 0 spiro atoms. The minimum absolute atomic E-state index is 0.144. The summed E-state index contributed by atoms with van der Waals surface area (Å²) in [7, 11) is 2.19. The molecule has 1 aromatic carbocycles. The predicted octanol–water partition coefficient (Wildman–Crippen LogP) is 0.361. The van der Waals surface area contributed by atoms with Gasteiger partial charge in [-0.2, -0.15) is 0 Å². The molecular formula is C13H21N4O2+. The number of nitro benzene ring substituents is 1. The Kier molecular flexibility index (Phi) is 4.21. The fourth-order valence-electron chi connectivity index (χ4n) is 2.36. The van der Waals surface area contributed by atoms with E-state index in [1.54, 1.807) is 6.07 Å². The summed E-state index contributed by atoms with van der Waals surface area (Å²) in [6.07, 6.45) is 0. The van der Waals surface area contributed by atoms with Gasteiger partial charge in [-0.05, 0) is 19.1 Å². The van der Waals surface area contributed by atoms with Crippen LogP contribution in [0, 0.1) is 10.1 Å². The largest absolute Gasteiger partial charge is 0.380 e. The number of hydrogen-bond donors (Lipinski definition) is 2. The molecule has 1 saturated heterocycles. The van der Waals surface area contributed by atoms with E-state index in [1.165, 1.54) is 4.90 Å². The smallest absolute Gasteiger partial charge is 0.292 e. The van der Waals surface area contributed by atoms with Gasteiger partial charge in [0.25, 0.3) is 5.69 Å². The van der Waals surface area contributed by atoms with Gasteiger partial charge in [0.1, 0.15) is 5.69 Å². The van der Waals surface area contributed by atoms with Gasteiger partial charge in [0.15, 0.2) is 0 Å². The second-order valence-corrected chi connectivity index (χ2v) is 4.93. The van der Waals surface area contributed by atoms with E-state index in [9.17, 15) is 10.1 Å². The van der Waals surface area contributed by atoms with Crippen molar-refractivity contribution in [3.63, 3.8) is 0 Å². The van der Waals surface area contributed by atoms with E-state index < -0.39 is 0 Å². The number of piperazine rings is 1. The molecule has 1 fully saturated rings. The molecule has 0 aromatic heterocycles. The normalized spacial score (nSPS) is 16.4. The van der Waals surface area contributed by atoms with Gasteiger partial charge < -0.3 is 15.1 Å². The molecule has 6 nitrogen and oxygen atoms in total. The van der Waals surface area contributed by atoms with Crippen LogP contribution in [0.2, 0.25) is 0 Å². The van der Waals surface area contributed by atoms with Gasteiger partial charge in [0.05, 0.1) is 38.2 Å². The van der Waals surface area contributed by atoms with Gasteiger partial charge in [-0.3, -0.25) is 10.1 Å². The SMILES string of the molecule is CCNc1cc(N2CC[NH+](C)CC2)ccc1[N+](=O)[O-]. The van der Waals surface area contributed by atoms with Crippen molar-refractivity contribution in [3.05, 3.63) is 28.3 Å². The van der Waals surface area contributed by atoms with Gasteiger partial charge in [0.2, 0.25) is 0 Å². The van der Waals surface area contributed by atoms with Crippen molar-refractivity contribution in [2.24, 2.45) is 0 Å². The van der Waals surface area contributed by atoms with Crippen LogP contribution < -0.4 is 15.1 Å². The van der Waals surface area contributed by atoms with Crippen molar-refractivity contribution in [1.82, 2.24) is 0 Å². The Labute approximate surface area is 113 Å². The number of benzene rings is 1. The Morgan fingerprint density at radius 3 is 2.68 bits per heavy atom. The first-order valence-corrected chi connectivity index (χ1v) is 6.70. The number of nitrogens with zero attached hydrogens (tertiary/aromatic N) is 2. The lowest BCUT2D eigenvalue weighted by molar-refractivity contribution is -0.880. The molecule has 1 aliphatic rings. The molecule has 2 N–H and O–H groups in total. The molecule has 1 aliphatic heterocycles. The molecule has 19 heavy (non-hydrogen) atoms. The average Bonchev–Trinajstić information content (AvgIpc) is 2.39. The zero-order valence-corrected chi connectivity index (χ0v) is 11.5. The van der Waals surface area contributed by atoms with Crippen LogP contribution in [0.1, 0.15) is 6.92 Å². The minimum atomic E-state index is -0.337. The highest BCUT2D eigenvalue weighted by Crippen LogP contribution is 2.29. The maximum Gasteiger partial charge on any atom is 0.292 e. The van der Waals surface area contributed by atoms with Crippen LogP contribution in [0.3, 0.4) is 0 Å². The van der Waals surface area contributed by atoms with E-state index in [2.05, 4.69) is 17.3 Å². The number of quaternary nitrogens is 1. The number of likely N-dealkylation sites (N-methyl/N-ethyl adjacent to an activating group) is 1. The Morgan fingerprint density at radius 1 is 1.42 bits per heavy atom. The van der Waals surface area contributed by atoms with E-state index >= 15 is 0 Å². The lowest BCUT2D eigenvalue weighted by atomic mass is 10.2. The molecule has 1 aromatic rings. The minimum Gasteiger partial charge on any atom is -0.380 e. The fraction of sp³-hybridized carbons (Fsp3) is 0.538. The summed E-state index contributed by atoms with van der Waals surface area (Å²) < 4.78 is 0. The lowest BCUT2D eigenvalue weighted by Crippen LogP contribution is -3.12. The first-order valence-electron chi connectivity index (χ1n) is 6.70. The van der Waals surface area contributed by atoms with E-state index in [0.29, 0.717) is 12.2 Å². The summed E-state index contributed by atoms with van der Waals surface area (Å²) in [4.78, 5) is 14.5. The second-order valence-electron chi connectivity index (χ2n) is 4.93. The first kappa shape index (κ1) is 13.6. The Morgan fingerprint density at radius 2 is 2.11 bits per heavy atom. The molecule has 2 rings (SSSR count). The highest BCUT2D eigenvalue weighted by atomic mass is 16.6. The third-order valence-corrected chi connectivity index (χ3v) is 3.53. The van der Waals surface area contributed by atoms with Crippen LogP contribution in [0.25, 0.3) is 0 Å². The van der Waals surface area contributed by atoms with Crippen molar-refractivity contribution in [2.75, 3.05) is 50.0 Å². The summed E-state index contributed by atoms with van der Waals surface area (Å²) >= 11 is 0. The van der Waals surface area contributed by atoms with E-state index in [4.69, 9.17) is 0 Å². The van der Waals surface area contributed by atoms with Crippen LogP contribution >= 0.6 is 0 Å². The highest BCUT2D eigenvalue weighted by molar-refractivity contribution is 5.69. The molecular weight excluding hydrogens is 244 g/mol. The number of nitrogens with one attached hydrogen (secondary N) is 2. The van der Waals surface area contributed by atoms with E-state index in [1.807, 2.05) is 19.1 Å². The quantitative estimate of drug-likeness (QED) is 0.609. The van der Waals surface area contributed by atoms with Gasteiger partial charge in [-0.25, -0.2) is 0 Å². The number of nitro groups is 1. The lowest BCUT2D eigenvalue weighted by Gasteiger charge is -2.31. The fourth-order valence-corrected chi connectivity index (χ4v) is 2.36. The molecule has 1 heterocycles. The second kappa shape index (κ2) is 5.88. The van der Waals surface area contributed by atoms with Gasteiger partial charge in [0, 0.05) is 18.3 Å². The van der Waals surface area contributed by atoms with Crippen molar-refractivity contribution in [2.45, 2.75) is 6.92 Å². The molecule has 0 radical (unpaired) electrons. The summed E-state index contributed by atoms with van der Waals surface area (Å²) in [5, 5.41) is 14.0. The maximum absolute atomic E-state index is 11.0. The van der Waals surface area contributed by atoms with Gasteiger partial charge in [-0.1, -0.05) is 0 Å². The average molecular weight is 265 g/mol. The molecule has 0 bridgehead atoms. The van der Waals surface area contributed by atoms with Crippen LogP contribution in [0.4, 0.5) is 17.1 Å². The molecule has 0 saturated carbocycles. The van der Waals surface area contributed by atoms with Crippen LogP contribution in [0.15, 0.2) is 18.2 Å². The van der Waals surface area contributed by atoms with Crippen LogP contribution in [-0.2, 0) is 0 Å². The van der Waals surface area contributed by atoms with Crippen molar-refractivity contribution in [3.8, 4) is 0 Å². The monoisotopic (exact) mass is 265 g/mol. The molecule has 0 aliphatic carbocycles. The standard InChI is InChI=1S/C13H20N4O2/c1-3-14-12-10-11(4-5-13(12)17(18)19)16-8-6-15(2)7-9-16/h4-5,10,14H,3,6-9H2,1-2H3/p+1. The Balaban J connectivity index is 2.22. The van der Waals surface area contributed by atoms with E-state index in [0.717, 1.165) is 31.9 Å². The van der Waals surface area contributed by atoms with Gasteiger partial charge in [-0.15, -0.1) is 0 Å². The number of anilines is 2. The summed E-state index contributed by atoms with van der Waals surface area (Å²) in [6, 6.07) is 5.33. The Bertz CT molecular complexity index is 456. The number of hydrogen-bond acceptors (Lipinski definition) is 4. The summed E-state index contributed by atoms with van der Waals surface area (Å²) in [6.45, 7) is 6.82. The van der Waals surface area contributed by atoms with Crippen LogP contribution in [-0.4, -0.2) is 44.7 Å².